The Labute approximate surface area is 112 Å². The van der Waals surface area contributed by atoms with Gasteiger partial charge in [0, 0.05) is 16.2 Å². The lowest BCUT2D eigenvalue weighted by Gasteiger charge is -2.10. The van der Waals surface area contributed by atoms with E-state index in [4.69, 9.17) is 17.3 Å². The third-order valence-corrected chi connectivity index (χ3v) is 2.98. The van der Waals surface area contributed by atoms with Gasteiger partial charge in [0.25, 0.3) is 0 Å². The molecule has 5 heteroatoms. The summed E-state index contributed by atoms with van der Waals surface area (Å²) in [7, 11) is 0. The number of nitrogens with two attached hydrogens (primary N) is 1. The average molecular weight is 316 g/mol. The van der Waals surface area contributed by atoms with E-state index in [1.165, 1.54) is 12.1 Å². The lowest BCUT2D eigenvalue weighted by molar-refractivity contribution is 0.629. The van der Waals surface area contributed by atoms with Crippen LogP contribution >= 0.6 is 27.5 Å². The van der Waals surface area contributed by atoms with E-state index < -0.39 is 5.82 Å². The Bertz CT molecular complexity index is 560. The Morgan fingerprint density at radius 3 is 2.71 bits per heavy atom. The van der Waals surface area contributed by atoms with Gasteiger partial charge in [-0.15, -0.1) is 0 Å². The van der Waals surface area contributed by atoms with E-state index in [1.54, 1.807) is 0 Å². The lowest BCUT2D eigenvalue weighted by Crippen LogP contribution is -1.97. The normalized spacial score (nSPS) is 10.3. The third-order valence-electron chi connectivity index (χ3n) is 2.20. The molecule has 0 heterocycles. The van der Waals surface area contributed by atoms with Crippen LogP contribution in [0.3, 0.4) is 0 Å². The van der Waals surface area contributed by atoms with Crippen molar-refractivity contribution in [3.05, 3.63) is 51.7 Å². The van der Waals surface area contributed by atoms with Crippen LogP contribution in [0.5, 0.6) is 0 Å². The summed E-state index contributed by atoms with van der Waals surface area (Å²) in [5, 5.41) is 3.11. The molecule has 0 spiro atoms. The maximum atomic E-state index is 13.1. The van der Waals surface area contributed by atoms with Crippen molar-refractivity contribution in [2.24, 2.45) is 0 Å². The van der Waals surface area contributed by atoms with Crippen LogP contribution in [0.15, 0.2) is 40.9 Å². The second-order valence-corrected chi connectivity index (χ2v) is 4.81. The van der Waals surface area contributed by atoms with Crippen LogP contribution in [0.2, 0.25) is 5.02 Å². The highest BCUT2D eigenvalue weighted by atomic mass is 79.9. The van der Waals surface area contributed by atoms with Crippen molar-refractivity contribution in [2.75, 3.05) is 11.1 Å². The largest absolute Gasteiger partial charge is 0.397 e. The molecule has 0 radical (unpaired) electrons. The maximum absolute atomic E-state index is 13.1. The van der Waals surface area contributed by atoms with Crippen LogP contribution in [0.1, 0.15) is 0 Å². The molecule has 0 aliphatic rings. The molecular weight excluding hydrogens is 307 g/mol. The summed E-state index contributed by atoms with van der Waals surface area (Å²) in [5.74, 6) is -0.524. The number of anilines is 3. The van der Waals surface area contributed by atoms with E-state index in [9.17, 15) is 4.39 Å². The van der Waals surface area contributed by atoms with Gasteiger partial charge in [0.2, 0.25) is 0 Å². The highest BCUT2D eigenvalue weighted by molar-refractivity contribution is 9.10. The van der Waals surface area contributed by atoms with Crippen molar-refractivity contribution in [3.8, 4) is 0 Å². The first-order chi connectivity index (χ1) is 8.06. The molecule has 0 amide bonds. The zero-order chi connectivity index (χ0) is 12.4. The summed E-state index contributed by atoms with van der Waals surface area (Å²) in [5.41, 5.74) is 7.43. The summed E-state index contributed by atoms with van der Waals surface area (Å²) in [6.45, 7) is 0. The minimum atomic E-state index is -0.524. The van der Waals surface area contributed by atoms with E-state index in [0.717, 1.165) is 10.2 Å². The van der Waals surface area contributed by atoms with Gasteiger partial charge < -0.3 is 11.1 Å². The smallest absolute Gasteiger partial charge is 0.143 e. The van der Waals surface area contributed by atoms with Crippen molar-refractivity contribution < 1.29 is 4.39 Å². The maximum Gasteiger partial charge on any atom is 0.143 e. The van der Waals surface area contributed by atoms with Crippen LogP contribution < -0.4 is 11.1 Å². The molecule has 0 atom stereocenters. The molecular formula is C12H9BrClFN2. The number of hydrogen-bond acceptors (Lipinski definition) is 2. The predicted molar refractivity (Wildman–Crippen MR) is 73.2 cm³/mol. The monoisotopic (exact) mass is 314 g/mol. The van der Waals surface area contributed by atoms with Crippen LogP contribution in [0.25, 0.3) is 0 Å². The van der Waals surface area contributed by atoms with Crippen molar-refractivity contribution in [3.63, 3.8) is 0 Å². The SMILES string of the molecule is Nc1cc(F)c(Cl)cc1Nc1cccc(Br)c1. The second-order valence-electron chi connectivity index (χ2n) is 3.49. The molecule has 17 heavy (non-hydrogen) atoms. The summed E-state index contributed by atoms with van der Waals surface area (Å²) in [6, 6.07) is 10.2. The number of halogens is 3. The van der Waals surface area contributed by atoms with Crippen LogP contribution in [-0.2, 0) is 0 Å². The minimum Gasteiger partial charge on any atom is -0.397 e. The van der Waals surface area contributed by atoms with E-state index in [0.29, 0.717) is 11.4 Å². The van der Waals surface area contributed by atoms with Gasteiger partial charge >= 0.3 is 0 Å². The molecule has 2 aromatic carbocycles. The standard InChI is InChI=1S/C12H9BrClFN2/c13-7-2-1-3-8(4-7)17-12-5-9(14)10(15)6-11(12)16/h1-6,17H,16H2. The molecule has 88 valence electrons. The molecule has 0 saturated carbocycles. The van der Waals surface area contributed by atoms with Gasteiger partial charge in [-0.05, 0) is 24.3 Å². The van der Waals surface area contributed by atoms with E-state index in [1.807, 2.05) is 24.3 Å². The predicted octanol–water partition coefficient (Wildman–Crippen LogP) is 4.57. The van der Waals surface area contributed by atoms with E-state index in [2.05, 4.69) is 21.2 Å². The fourth-order valence-electron chi connectivity index (χ4n) is 1.39. The van der Waals surface area contributed by atoms with Gasteiger partial charge in [-0.2, -0.15) is 0 Å². The molecule has 0 aliphatic carbocycles. The van der Waals surface area contributed by atoms with E-state index in [-0.39, 0.29) is 5.02 Å². The molecule has 3 N–H and O–H groups in total. The zero-order valence-corrected chi connectivity index (χ0v) is 11.0. The van der Waals surface area contributed by atoms with Crippen molar-refractivity contribution in [1.29, 1.82) is 0 Å². The summed E-state index contributed by atoms with van der Waals surface area (Å²) in [6.07, 6.45) is 0. The van der Waals surface area contributed by atoms with Gasteiger partial charge in [-0.1, -0.05) is 33.6 Å². The summed E-state index contributed by atoms with van der Waals surface area (Å²) >= 11 is 9.07. The first kappa shape index (κ1) is 12.2. The van der Waals surface area contributed by atoms with Gasteiger partial charge in [0.05, 0.1) is 16.4 Å². The van der Waals surface area contributed by atoms with Crippen LogP contribution in [-0.4, -0.2) is 0 Å². The topological polar surface area (TPSA) is 38.0 Å². The van der Waals surface area contributed by atoms with Crippen LogP contribution in [0.4, 0.5) is 21.5 Å². The Kier molecular flexibility index (Phi) is 3.54. The van der Waals surface area contributed by atoms with Gasteiger partial charge in [-0.25, -0.2) is 4.39 Å². The molecule has 0 unspecified atom stereocenters. The van der Waals surface area contributed by atoms with Crippen molar-refractivity contribution in [2.45, 2.75) is 0 Å². The first-order valence-electron chi connectivity index (χ1n) is 4.83. The van der Waals surface area contributed by atoms with Gasteiger partial charge in [-0.3, -0.25) is 0 Å². The molecule has 2 nitrogen and oxygen atoms in total. The van der Waals surface area contributed by atoms with Crippen molar-refractivity contribution >= 4 is 44.6 Å². The highest BCUT2D eigenvalue weighted by Gasteiger charge is 2.06. The molecule has 0 bridgehead atoms. The third kappa shape index (κ3) is 2.90. The number of rotatable bonds is 2. The molecule has 0 saturated heterocycles. The van der Waals surface area contributed by atoms with E-state index >= 15 is 0 Å². The number of nitrogen functional groups attached to an aromatic ring is 1. The fourth-order valence-corrected chi connectivity index (χ4v) is 1.96. The summed E-state index contributed by atoms with van der Waals surface area (Å²) in [4.78, 5) is 0. The van der Waals surface area contributed by atoms with Crippen LogP contribution in [0, 0.1) is 5.82 Å². The Balaban J connectivity index is 2.33. The molecule has 2 aromatic rings. The first-order valence-corrected chi connectivity index (χ1v) is 6.00. The summed E-state index contributed by atoms with van der Waals surface area (Å²) < 4.78 is 14.1. The Hall–Kier alpha value is -1.26. The average Bonchev–Trinajstić information content (AvgIpc) is 2.26. The number of benzene rings is 2. The molecule has 0 aliphatic heterocycles. The fraction of sp³-hybridized carbons (Fsp3) is 0. The molecule has 0 fully saturated rings. The second kappa shape index (κ2) is 4.94. The Morgan fingerprint density at radius 1 is 1.24 bits per heavy atom. The molecule has 2 rings (SSSR count). The zero-order valence-electron chi connectivity index (χ0n) is 8.68. The Morgan fingerprint density at radius 2 is 2.00 bits per heavy atom. The highest BCUT2D eigenvalue weighted by Crippen LogP contribution is 2.29. The molecule has 0 aromatic heterocycles. The van der Waals surface area contributed by atoms with Gasteiger partial charge in [0.1, 0.15) is 5.82 Å². The number of hydrogen-bond donors (Lipinski definition) is 2. The minimum absolute atomic E-state index is 0.0386. The van der Waals surface area contributed by atoms with Crippen molar-refractivity contribution in [1.82, 2.24) is 0 Å². The quantitative estimate of drug-likeness (QED) is 0.797. The van der Waals surface area contributed by atoms with Gasteiger partial charge in [0.15, 0.2) is 0 Å². The number of nitrogens with one attached hydrogen (secondary N) is 1. The lowest BCUT2D eigenvalue weighted by atomic mass is 10.2.